The molecule has 2 N–H and O–H groups in total. The van der Waals surface area contributed by atoms with Gasteiger partial charge in [0.25, 0.3) is 0 Å². The number of anilines is 2. The van der Waals surface area contributed by atoms with Crippen molar-refractivity contribution in [2.24, 2.45) is 5.41 Å². The van der Waals surface area contributed by atoms with Crippen molar-refractivity contribution in [3.8, 4) is 17.4 Å². The lowest BCUT2D eigenvalue weighted by Crippen LogP contribution is -2.35. The van der Waals surface area contributed by atoms with Gasteiger partial charge in [0.2, 0.25) is 17.7 Å². The first-order valence-electron chi connectivity index (χ1n) is 10.9. The van der Waals surface area contributed by atoms with Crippen LogP contribution in [-0.2, 0) is 9.59 Å². The van der Waals surface area contributed by atoms with Crippen LogP contribution in [0.25, 0.3) is 10.9 Å². The molecule has 36 heavy (non-hydrogen) atoms. The maximum absolute atomic E-state index is 14.9. The Labute approximate surface area is 204 Å². The first-order chi connectivity index (χ1) is 17.4. The van der Waals surface area contributed by atoms with Crippen LogP contribution in [0.15, 0.2) is 60.9 Å². The van der Waals surface area contributed by atoms with Gasteiger partial charge in [0.15, 0.2) is 11.6 Å². The monoisotopic (exact) mass is 489 g/mol. The van der Waals surface area contributed by atoms with E-state index in [2.05, 4.69) is 26.7 Å². The third-order valence-electron chi connectivity index (χ3n) is 5.84. The zero-order chi connectivity index (χ0) is 25.3. The molecule has 181 valence electrons. The number of hydrogen-bond acceptors (Lipinski definition) is 6. The average Bonchev–Trinajstić information content (AvgIpc) is 3.69. The molecule has 1 aromatic heterocycles. The van der Waals surface area contributed by atoms with E-state index in [-0.39, 0.29) is 17.3 Å². The van der Waals surface area contributed by atoms with Crippen LogP contribution in [0.5, 0.6) is 17.4 Å². The highest BCUT2D eigenvalue weighted by atomic mass is 19.1. The lowest BCUT2D eigenvalue weighted by molar-refractivity contribution is -0.131. The minimum atomic E-state index is -1.27. The molecule has 1 radical (unpaired) electrons. The summed E-state index contributed by atoms with van der Waals surface area (Å²) in [6, 6.07) is 15.3. The molecular formula is C26H19F2N4O4. The highest BCUT2D eigenvalue weighted by molar-refractivity contribution is 6.16. The fraction of sp³-hybridized carbons (Fsp3) is 0.154. The Morgan fingerprint density at radius 2 is 1.67 bits per heavy atom. The molecule has 0 aliphatic heterocycles. The maximum atomic E-state index is 14.9. The molecule has 4 aromatic rings. The standard InChI is InChI=1S/C26H19F2N4O4/c1-35-18-7-8-21-19(13-18)23(30-14-29-21)36-22-9-6-17(12-20(22)28)32-25(34)26(10-11-26)24(33)31-16-4-2-15(27)3-5-16/h2-6,8-9,12-14H,10-11H2,1H3,(H,31,33)(H,32,34). The van der Waals surface area contributed by atoms with E-state index < -0.39 is 28.9 Å². The fourth-order valence-corrected chi connectivity index (χ4v) is 3.64. The molecule has 3 aromatic carbocycles. The highest BCUT2D eigenvalue weighted by Gasteiger charge is 2.56. The average molecular weight is 489 g/mol. The van der Waals surface area contributed by atoms with Gasteiger partial charge in [0, 0.05) is 23.5 Å². The van der Waals surface area contributed by atoms with E-state index >= 15 is 0 Å². The SMILES string of the molecule is COc1[c]cc2ncnc(Oc3ccc(NC(=O)C4(C(=O)Nc5ccc(F)cc5)CC4)cc3F)c2c1. The summed E-state index contributed by atoms with van der Waals surface area (Å²) in [6.45, 7) is 0. The van der Waals surface area contributed by atoms with Crippen LogP contribution in [-0.4, -0.2) is 28.9 Å². The van der Waals surface area contributed by atoms with Gasteiger partial charge in [-0.25, -0.2) is 18.7 Å². The van der Waals surface area contributed by atoms with E-state index in [1.165, 1.54) is 49.8 Å². The number of nitrogens with one attached hydrogen (secondary N) is 2. The Hall–Kier alpha value is -4.60. The Balaban J connectivity index is 1.29. The number of methoxy groups -OCH3 is 1. The Bertz CT molecular complexity index is 1470. The van der Waals surface area contributed by atoms with Crippen molar-refractivity contribution in [2.45, 2.75) is 12.8 Å². The molecule has 1 fully saturated rings. The lowest BCUT2D eigenvalue weighted by Gasteiger charge is -2.16. The van der Waals surface area contributed by atoms with Crippen molar-refractivity contribution in [2.75, 3.05) is 17.7 Å². The van der Waals surface area contributed by atoms with Gasteiger partial charge >= 0.3 is 0 Å². The molecule has 1 aliphatic carbocycles. The van der Waals surface area contributed by atoms with E-state index in [1.54, 1.807) is 12.1 Å². The van der Waals surface area contributed by atoms with Crippen molar-refractivity contribution in [3.05, 3.63) is 78.6 Å². The Morgan fingerprint density at radius 1 is 0.972 bits per heavy atom. The number of fused-ring (bicyclic) bond motifs is 1. The van der Waals surface area contributed by atoms with Gasteiger partial charge in [0.05, 0.1) is 18.0 Å². The van der Waals surface area contributed by atoms with E-state index in [0.717, 1.165) is 6.07 Å². The van der Waals surface area contributed by atoms with E-state index in [0.29, 0.717) is 35.2 Å². The Morgan fingerprint density at radius 3 is 2.33 bits per heavy atom. The molecule has 5 rings (SSSR count). The van der Waals surface area contributed by atoms with E-state index in [1.807, 2.05) is 0 Å². The minimum Gasteiger partial charge on any atom is -0.496 e. The molecule has 8 nitrogen and oxygen atoms in total. The summed E-state index contributed by atoms with van der Waals surface area (Å²) in [5.41, 5.74) is -0.190. The summed E-state index contributed by atoms with van der Waals surface area (Å²) in [4.78, 5) is 33.8. The molecule has 0 saturated heterocycles. The third-order valence-corrected chi connectivity index (χ3v) is 5.84. The maximum Gasteiger partial charge on any atom is 0.240 e. The van der Waals surface area contributed by atoms with Crippen LogP contribution in [0.2, 0.25) is 0 Å². The zero-order valence-electron chi connectivity index (χ0n) is 19.0. The van der Waals surface area contributed by atoms with Gasteiger partial charge in [-0.05, 0) is 61.4 Å². The Kier molecular flexibility index (Phi) is 5.93. The number of rotatable bonds is 7. The predicted molar refractivity (Wildman–Crippen MR) is 127 cm³/mol. The van der Waals surface area contributed by atoms with Crippen molar-refractivity contribution in [3.63, 3.8) is 0 Å². The zero-order valence-corrected chi connectivity index (χ0v) is 19.0. The normalized spacial score (nSPS) is 13.6. The van der Waals surface area contributed by atoms with Crippen LogP contribution in [0.3, 0.4) is 0 Å². The van der Waals surface area contributed by atoms with E-state index in [9.17, 15) is 18.4 Å². The second-order valence-corrected chi connectivity index (χ2v) is 8.22. The van der Waals surface area contributed by atoms with Crippen LogP contribution in [0.1, 0.15) is 12.8 Å². The van der Waals surface area contributed by atoms with Gasteiger partial charge in [-0.3, -0.25) is 9.59 Å². The van der Waals surface area contributed by atoms with Gasteiger partial charge in [-0.2, -0.15) is 0 Å². The number of amides is 2. The topological polar surface area (TPSA) is 102 Å². The van der Waals surface area contributed by atoms with Gasteiger partial charge in [0.1, 0.15) is 23.3 Å². The summed E-state index contributed by atoms with van der Waals surface area (Å²) in [7, 11) is 1.49. The first kappa shape index (κ1) is 23.2. The number of halogens is 2. The van der Waals surface area contributed by atoms with Crippen molar-refractivity contribution in [1.82, 2.24) is 9.97 Å². The quantitative estimate of drug-likeness (QED) is 0.359. The smallest absolute Gasteiger partial charge is 0.240 e. The molecule has 0 spiro atoms. The summed E-state index contributed by atoms with van der Waals surface area (Å²) in [6.07, 6.45) is 1.98. The minimum absolute atomic E-state index is 0.116. The van der Waals surface area contributed by atoms with Crippen LogP contribution < -0.4 is 20.1 Å². The first-order valence-corrected chi connectivity index (χ1v) is 10.9. The molecule has 2 amide bonds. The van der Waals surface area contributed by atoms with E-state index in [4.69, 9.17) is 9.47 Å². The number of nitrogens with zero attached hydrogens (tertiary/aromatic N) is 2. The molecule has 1 heterocycles. The van der Waals surface area contributed by atoms with Gasteiger partial charge in [-0.15, -0.1) is 0 Å². The molecule has 1 aliphatic rings. The van der Waals surface area contributed by atoms with Crippen LogP contribution in [0.4, 0.5) is 20.2 Å². The van der Waals surface area contributed by atoms with Crippen molar-refractivity contribution in [1.29, 1.82) is 0 Å². The molecular weight excluding hydrogens is 470 g/mol. The second kappa shape index (κ2) is 9.21. The summed E-state index contributed by atoms with van der Waals surface area (Å²) >= 11 is 0. The summed E-state index contributed by atoms with van der Waals surface area (Å²) in [5.74, 6) is -1.79. The number of carbonyl (C=O) groups excluding carboxylic acids is 2. The van der Waals surface area contributed by atoms with Gasteiger partial charge < -0.3 is 20.1 Å². The summed E-state index contributed by atoms with van der Waals surface area (Å²) < 4.78 is 38.8. The molecule has 0 unspecified atom stereocenters. The number of hydrogen-bond donors (Lipinski definition) is 2. The number of ether oxygens (including phenoxy) is 2. The van der Waals surface area contributed by atoms with Crippen LogP contribution >= 0.6 is 0 Å². The fourth-order valence-electron chi connectivity index (χ4n) is 3.64. The number of carbonyl (C=O) groups is 2. The third kappa shape index (κ3) is 4.52. The van der Waals surface area contributed by atoms with Crippen molar-refractivity contribution < 1.29 is 27.8 Å². The number of aromatic nitrogens is 2. The van der Waals surface area contributed by atoms with Crippen LogP contribution in [0, 0.1) is 23.1 Å². The predicted octanol–water partition coefficient (Wildman–Crippen LogP) is 4.87. The molecule has 10 heteroatoms. The van der Waals surface area contributed by atoms with Gasteiger partial charge in [-0.1, -0.05) is 0 Å². The number of benzene rings is 3. The molecule has 0 bridgehead atoms. The summed E-state index contributed by atoms with van der Waals surface area (Å²) in [5, 5.41) is 5.73. The molecule has 0 atom stereocenters. The second-order valence-electron chi connectivity index (χ2n) is 8.22. The van der Waals surface area contributed by atoms with Crippen molar-refractivity contribution >= 4 is 34.1 Å². The molecule has 1 saturated carbocycles. The largest absolute Gasteiger partial charge is 0.496 e. The lowest BCUT2D eigenvalue weighted by atomic mass is 10.0. The highest BCUT2D eigenvalue weighted by Crippen LogP contribution is 2.47.